The Morgan fingerprint density at radius 1 is 1.50 bits per heavy atom. The standard InChI is InChI=1S/C13H15F3N4OS/c1-4-9(12-19-10(6-22-12)13(14,15)16)18-11(21)8-5-17-20(3)7(8)2/h5-6,9H,4H2,1-3H3,(H,18,21)/t9-/m1/s1. The van der Waals surface area contributed by atoms with Crippen molar-refractivity contribution < 1.29 is 18.0 Å². The van der Waals surface area contributed by atoms with Crippen LogP contribution in [0.4, 0.5) is 13.2 Å². The summed E-state index contributed by atoms with van der Waals surface area (Å²) in [5.74, 6) is -0.374. The number of nitrogens with zero attached hydrogens (tertiary/aromatic N) is 3. The molecule has 0 aliphatic heterocycles. The van der Waals surface area contributed by atoms with Crippen molar-refractivity contribution in [3.63, 3.8) is 0 Å². The summed E-state index contributed by atoms with van der Waals surface area (Å²) in [6.45, 7) is 3.52. The molecule has 1 atom stereocenters. The monoisotopic (exact) mass is 332 g/mol. The molecule has 0 saturated heterocycles. The smallest absolute Gasteiger partial charge is 0.343 e. The predicted octanol–water partition coefficient (Wildman–Crippen LogP) is 3.08. The summed E-state index contributed by atoms with van der Waals surface area (Å²) in [7, 11) is 1.71. The highest BCUT2D eigenvalue weighted by molar-refractivity contribution is 7.09. The van der Waals surface area contributed by atoms with Crippen LogP contribution in [0.25, 0.3) is 0 Å². The Bertz CT molecular complexity index is 677. The van der Waals surface area contributed by atoms with E-state index in [1.807, 2.05) is 0 Å². The fourth-order valence-electron chi connectivity index (χ4n) is 1.87. The number of hydrogen-bond donors (Lipinski definition) is 1. The third kappa shape index (κ3) is 3.29. The van der Waals surface area contributed by atoms with E-state index in [9.17, 15) is 18.0 Å². The molecule has 0 aliphatic carbocycles. The minimum Gasteiger partial charge on any atom is -0.343 e. The van der Waals surface area contributed by atoms with Gasteiger partial charge < -0.3 is 5.32 Å². The van der Waals surface area contributed by atoms with Crippen molar-refractivity contribution >= 4 is 17.2 Å². The van der Waals surface area contributed by atoms with Gasteiger partial charge in [-0.2, -0.15) is 18.3 Å². The number of aromatic nitrogens is 3. The highest BCUT2D eigenvalue weighted by Gasteiger charge is 2.34. The van der Waals surface area contributed by atoms with Gasteiger partial charge in [-0.1, -0.05) is 6.92 Å². The molecule has 0 aliphatic rings. The van der Waals surface area contributed by atoms with E-state index in [1.165, 1.54) is 6.20 Å². The molecule has 1 amide bonds. The molecule has 9 heteroatoms. The number of halogens is 3. The SMILES string of the molecule is CC[C@@H](NC(=O)c1cnn(C)c1C)c1nc(C(F)(F)F)cs1. The second kappa shape index (κ2) is 6.07. The van der Waals surface area contributed by atoms with Crippen molar-refractivity contribution in [1.82, 2.24) is 20.1 Å². The molecule has 0 bridgehead atoms. The van der Waals surface area contributed by atoms with Crippen LogP contribution < -0.4 is 5.32 Å². The minimum atomic E-state index is -4.48. The maximum Gasteiger partial charge on any atom is 0.434 e. The Hall–Kier alpha value is -1.90. The number of thiazole rings is 1. The molecule has 0 saturated carbocycles. The van der Waals surface area contributed by atoms with Crippen molar-refractivity contribution in [3.05, 3.63) is 33.5 Å². The first kappa shape index (κ1) is 16.5. The third-order valence-corrected chi connectivity index (χ3v) is 4.26. The van der Waals surface area contributed by atoms with Crippen LogP contribution in [-0.4, -0.2) is 20.7 Å². The van der Waals surface area contributed by atoms with E-state index in [2.05, 4.69) is 15.4 Å². The number of alkyl halides is 3. The van der Waals surface area contributed by atoms with Gasteiger partial charge in [0.15, 0.2) is 5.69 Å². The van der Waals surface area contributed by atoms with Crippen LogP contribution in [0.2, 0.25) is 0 Å². The quantitative estimate of drug-likeness (QED) is 0.936. The van der Waals surface area contributed by atoms with Crippen LogP contribution in [0.1, 0.15) is 46.1 Å². The molecule has 1 N–H and O–H groups in total. The lowest BCUT2D eigenvalue weighted by Gasteiger charge is -2.14. The summed E-state index contributed by atoms with van der Waals surface area (Å²) in [4.78, 5) is 15.8. The van der Waals surface area contributed by atoms with E-state index in [1.54, 1.807) is 25.6 Å². The summed E-state index contributed by atoms with van der Waals surface area (Å²) in [5.41, 5.74) is 0.147. The summed E-state index contributed by atoms with van der Waals surface area (Å²) in [6.07, 6.45) is -2.60. The van der Waals surface area contributed by atoms with Gasteiger partial charge in [-0.15, -0.1) is 11.3 Å². The Kier molecular flexibility index (Phi) is 4.55. The highest BCUT2D eigenvalue weighted by Crippen LogP contribution is 2.32. The summed E-state index contributed by atoms with van der Waals surface area (Å²) < 4.78 is 39.3. The first-order valence-electron chi connectivity index (χ1n) is 6.56. The van der Waals surface area contributed by atoms with Crippen LogP contribution >= 0.6 is 11.3 Å². The van der Waals surface area contributed by atoms with Gasteiger partial charge in [-0.05, 0) is 13.3 Å². The second-order valence-electron chi connectivity index (χ2n) is 4.77. The van der Waals surface area contributed by atoms with Gasteiger partial charge in [0.1, 0.15) is 5.01 Å². The number of hydrogen-bond acceptors (Lipinski definition) is 4. The lowest BCUT2D eigenvalue weighted by Crippen LogP contribution is -2.28. The Balaban J connectivity index is 2.17. The van der Waals surface area contributed by atoms with E-state index < -0.39 is 17.9 Å². The Labute approximate surface area is 129 Å². The maximum absolute atomic E-state index is 12.6. The number of carbonyl (C=O) groups is 1. The molecule has 0 aromatic carbocycles. The van der Waals surface area contributed by atoms with Gasteiger partial charge in [0.05, 0.1) is 17.8 Å². The normalized spacial score (nSPS) is 13.2. The molecular formula is C13H15F3N4OS. The van der Waals surface area contributed by atoms with Gasteiger partial charge in [0.2, 0.25) is 0 Å². The molecule has 0 radical (unpaired) electrons. The summed E-state index contributed by atoms with van der Waals surface area (Å²) in [6, 6.07) is -0.562. The lowest BCUT2D eigenvalue weighted by atomic mass is 10.2. The van der Waals surface area contributed by atoms with E-state index >= 15 is 0 Å². The van der Waals surface area contributed by atoms with Crippen molar-refractivity contribution in [3.8, 4) is 0 Å². The highest BCUT2D eigenvalue weighted by atomic mass is 32.1. The summed E-state index contributed by atoms with van der Waals surface area (Å²) >= 11 is 0.889. The fourth-order valence-corrected chi connectivity index (χ4v) is 2.83. The Morgan fingerprint density at radius 2 is 2.18 bits per heavy atom. The van der Waals surface area contributed by atoms with Crippen LogP contribution in [0.5, 0.6) is 0 Å². The molecule has 2 aromatic heterocycles. The van der Waals surface area contributed by atoms with E-state index in [-0.39, 0.29) is 10.9 Å². The molecule has 2 aromatic rings. The fraction of sp³-hybridized carbons (Fsp3) is 0.462. The van der Waals surface area contributed by atoms with Gasteiger partial charge in [-0.25, -0.2) is 4.98 Å². The van der Waals surface area contributed by atoms with Gasteiger partial charge >= 0.3 is 6.18 Å². The van der Waals surface area contributed by atoms with Crippen LogP contribution in [0.15, 0.2) is 11.6 Å². The van der Waals surface area contributed by atoms with Crippen molar-refractivity contribution in [1.29, 1.82) is 0 Å². The topological polar surface area (TPSA) is 59.8 Å². The molecular weight excluding hydrogens is 317 g/mol. The molecule has 0 unspecified atom stereocenters. The third-order valence-electron chi connectivity index (χ3n) is 3.30. The Morgan fingerprint density at radius 3 is 2.64 bits per heavy atom. The first-order valence-corrected chi connectivity index (χ1v) is 7.44. The molecule has 0 fully saturated rings. The van der Waals surface area contributed by atoms with Crippen LogP contribution in [0, 0.1) is 6.92 Å². The molecule has 0 spiro atoms. The van der Waals surface area contributed by atoms with E-state index in [4.69, 9.17) is 0 Å². The van der Waals surface area contributed by atoms with E-state index in [0.717, 1.165) is 16.7 Å². The van der Waals surface area contributed by atoms with Crippen molar-refractivity contribution in [2.24, 2.45) is 7.05 Å². The zero-order chi connectivity index (χ0) is 16.5. The van der Waals surface area contributed by atoms with Crippen molar-refractivity contribution in [2.75, 3.05) is 0 Å². The molecule has 120 valence electrons. The molecule has 22 heavy (non-hydrogen) atoms. The number of rotatable bonds is 4. The van der Waals surface area contributed by atoms with Gasteiger partial charge in [0, 0.05) is 18.1 Å². The average Bonchev–Trinajstić information content (AvgIpc) is 3.04. The maximum atomic E-state index is 12.6. The molecule has 2 heterocycles. The number of aryl methyl sites for hydroxylation is 1. The zero-order valence-corrected chi connectivity index (χ0v) is 13.0. The van der Waals surface area contributed by atoms with Crippen molar-refractivity contribution in [2.45, 2.75) is 32.5 Å². The number of nitrogens with one attached hydrogen (secondary N) is 1. The van der Waals surface area contributed by atoms with Gasteiger partial charge in [0.25, 0.3) is 5.91 Å². The number of amides is 1. The first-order chi connectivity index (χ1) is 10.2. The largest absolute Gasteiger partial charge is 0.434 e. The lowest BCUT2D eigenvalue weighted by molar-refractivity contribution is -0.140. The minimum absolute atomic E-state index is 0.240. The average molecular weight is 332 g/mol. The zero-order valence-electron chi connectivity index (χ0n) is 12.2. The molecule has 5 nitrogen and oxygen atoms in total. The summed E-state index contributed by atoms with van der Waals surface area (Å²) in [5, 5.41) is 7.88. The van der Waals surface area contributed by atoms with Gasteiger partial charge in [-0.3, -0.25) is 9.48 Å². The van der Waals surface area contributed by atoms with Crippen LogP contribution in [-0.2, 0) is 13.2 Å². The second-order valence-corrected chi connectivity index (χ2v) is 5.66. The van der Waals surface area contributed by atoms with E-state index in [0.29, 0.717) is 17.7 Å². The number of carbonyl (C=O) groups excluding carboxylic acids is 1. The molecule has 2 rings (SSSR count). The van der Waals surface area contributed by atoms with Crippen LogP contribution in [0.3, 0.4) is 0 Å². The predicted molar refractivity (Wildman–Crippen MR) is 75.6 cm³/mol.